The fourth-order valence-electron chi connectivity index (χ4n) is 10.8. The molecule has 4 saturated carbocycles. The molecule has 0 aromatic heterocycles. The maximum atomic E-state index is 13.4. The number of fused-ring (bicyclic) bond motifs is 7. The maximum absolute atomic E-state index is 13.4. The molecule has 0 heterocycles. The van der Waals surface area contributed by atoms with Crippen LogP contribution in [0.5, 0.6) is 0 Å². The van der Waals surface area contributed by atoms with Crippen LogP contribution in [0.3, 0.4) is 0 Å². The van der Waals surface area contributed by atoms with E-state index in [9.17, 15) is 19.8 Å². The standard InChI is InChI=1S/C31H48O5/c1-26(2)21-10-13-30(6)22(28(21,4)12-11-23(26)32)9-8-19-20-18-27(3,24(33)34)14-16-31(20,25(35)36-7)17-15-29(19,30)5/h8,20-23,32H,9-18H2,1-7H3,(H,33,34)/t20-,21-,22+,23-,27+,28-,29+,30+,31-/m0/s1. The van der Waals surface area contributed by atoms with Gasteiger partial charge in [0, 0.05) is 0 Å². The Hall–Kier alpha value is -1.36. The van der Waals surface area contributed by atoms with E-state index in [1.165, 1.54) is 12.7 Å². The molecule has 5 aliphatic carbocycles. The quantitative estimate of drug-likeness (QED) is 0.339. The van der Waals surface area contributed by atoms with E-state index in [2.05, 4.69) is 40.7 Å². The molecule has 0 saturated heterocycles. The minimum absolute atomic E-state index is 0.0664. The molecule has 0 bridgehead atoms. The number of methoxy groups -OCH3 is 1. The number of hydrogen-bond acceptors (Lipinski definition) is 4. The first kappa shape index (κ1) is 26.3. The molecule has 36 heavy (non-hydrogen) atoms. The highest BCUT2D eigenvalue weighted by atomic mass is 16.5. The summed E-state index contributed by atoms with van der Waals surface area (Å²) in [6.45, 7) is 13.9. The number of aliphatic carboxylic acids is 1. The molecule has 5 nitrogen and oxygen atoms in total. The average Bonchev–Trinajstić information content (AvgIpc) is 2.81. The van der Waals surface area contributed by atoms with Crippen LogP contribution < -0.4 is 0 Å². The monoisotopic (exact) mass is 500 g/mol. The highest BCUT2D eigenvalue weighted by Gasteiger charge is 2.69. The van der Waals surface area contributed by atoms with Crippen molar-refractivity contribution in [3.8, 4) is 0 Å². The molecule has 5 heteroatoms. The van der Waals surface area contributed by atoms with Crippen molar-refractivity contribution >= 4 is 11.9 Å². The van der Waals surface area contributed by atoms with E-state index in [1.807, 2.05) is 6.92 Å². The van der Waals surface area contributed by atoms with Gasteiger partial charge in [0.05, 0.1) is 24.0 Å². The predicted molar refractivity (Wildman–Crippen MR) is 139 cm³/mol. The van der Waals surface area contributed by atoms with E-state index in [4.69, 9.17) is 4.74 Å². The van der Waals surface area contributed by atoms with Gasteiger partial charge in [-0.3, -0.25) is 9.59 Å². The second-order valence-electron chi connectivity index (χ2n) is 14.9. The summed E-state index contributed by atoms with van der Waals surface area (Å²) in [5, 5.41) is 21.1. The summed E-state index contributed by atoms with van der Waals surface area (Å²) in [5.74, 6) is 0.0440. The third kappa shape index (κ3) is 3.04. The Labute approximate surface area is 217 Å². The smallest absolute Gasteiger partial charge is 0.312 e. The molecule has 0 spiro atoms. The summed E-state index contributed by atoms with van der Waals surface area (Å²) in [4.78, 5) is 25.7. The van der Waals surface area contributed by atoms with E-state index in [-0.39, 0.29) is 39.7 Å². The first-order valence-corrected chi connectivity index (χ1v) is 14.3. The van der Waals surface area contributed by atoms with Crippen LogP contribution in [0.25, 0.3) is 0 Å². The van der Waals surface area contributed by atoms with Gasteiger partial charge in [0.25, 0.3) is 0 Å². The highest BCUT2D eigenvalue weighted by molar-refractivity contribution is 5.80. The number of carbonyl (C=O) groups excluding carboxylic acids is 1. The lowest BCUT2D eigenvalue weighted by molar-refractivity contribution is -0.206. The number of carboxylic acid groups (broad SMARTS) is 1. The van der Waals surface area contributed by atoms with Gasteiger partial charge in [-0.15, -0.1) is 0 Å². The largest absolute Gasteiger partial charge is 0.481 e. The lowest BCUT2D eigenvalue weighted by atomic mass is 9.33. The van der Waals surface area contributed by atoms with Gasteiger partial charge in [-0.25, -0.2) is 0 Å². The fraction of sp³-hybridized carbons (Fsp3) is 0.871. The van der Waals surface area contributed by atoms with Gasteiger partial charge in [-0.05, 0) is 111 Å². The van der Waals surface area contributed by atoms with Crippen molar-refractivity contribution in [2.75, 3.05) is 7.11 Å². The average molecular weight is 501 g/mol. The zero-order chi connectivity index (χ0) is 26.5. The maximum Gasteiger partial charge on any atom is 0.312 e. The number of carbonyl (C=O) groups is 2. The SMILES string of the molecule is COC(=O)[C@]12CC[C@@](C)(C(=O)O)C[C@H]1C1=CC[C@@H]3[C@@]4(C)CC[C@H](O)C(C)(C)[C@@H]4CC[C@@]3(C)[C@]1(C)CC2. The van der Waals surface area contributed by atoms with Crippen molar-refractivity contribution in [1.82, 2.24) is 0 Å². The fourth-order valence-corrected chi connectivity index (χ4v) is 10.8. The van der Waals surface area contributed by atoms with Crippen molar-refractivity contribution in [3.63, 3.8) is 0 Å². The number of rotatable bonds is 2. The molecule has 5 rings (SSSR count). The number of esters is 1. The molecule has 0 aromatic carbocycles. The van der Waals surface area contributed by atoms with Crippen LogP contribution >= 0.6 is 0 Å². The minimum atomic E-state index is -0.813. The van der Waals surface area contributed by atoms with Gasteiger partial charge in [-0.2, -0.15) is 0 Å². The van der Waals surface area contributed by atoms with Gasteiger partial charge in [0.1, 0.15) is 0 Å². The summed E-state index contributed by atoms with van der Waals surface area (Å²) < 4.78 is 5.41. The molecule has 9 atom stereocenters. The molecule has 0 amide bonds. The molecule has 0 aliphatic heterocycles. The Kier molecular flexibility index (Phi) is 5.71. The van der Waals surface area contributed by atoms with Gasteiger partial charge in [0.2, 0.25) is 0 Å². The summed E-state index contributed by atoms with van der Waals surface area (Å²) in [6, 6.07) is 0. The van der Waals surface area contributed by atoms with E-state index in [0.717, 1.165) is 44.9 Å². The normalized spacial score (nSPS) is 51.5. The lowest BCUT2D eigenvalue weighted by Crippen LogP contribution is -2.65. The Bertz CT molecular complexity index is 999. The molecule has 5 aliphatic rings. The number of carboxylic acids is 1. The summed E-state index contributed by atoms with van der Waals surface area (Å²) in [6.07, 6.45) is 10.7. The summed E-state index contributed by atoms with van der Waals surface area (Å²) >= 11 is 0. The summed E-state index contributed by atoms with van der Waals surface area (Å²) in [7, 11) is 1.49. The molecular weight excluding hydrogens is 452 g/mol. The van der Waals surface area contributed by atoms with E-state index >= 15 is 0 Å². The van der Waals surface area contributed by atoms with E-state index < -0.39 is 16.8 Å². The molecule has 202 valence electrons. The van der Waals surface area contributed by atoms with Gasteiger partial charge < -0.3 is 14.9 Å². The van der Waals surface area contributed by atoms with Crippen LogP contribution in [-0.2, 0) is 14.3 Å². The van der Waals surface area contributed by atoms with Gasteiger partial charge in [0.15, 0.2) is 0 Å². The number of ether oxygens (including phenoxy) is 1. The van der Waals surface area contributed by atoms with Crippen molar-refractivity contribution < 1.29 is 24.5 Å². The zero-order valence-electron chi connectivity index (χ0n) is 23.6. The Morgan fingerprint density at radius 2 is 1.58 bits per heavy atom. The third-order valence-corrected chi connectivity index (χ3v) is 13.5. The van der Waals surface area contributed by atoms with Crippen molar-refractivity contribution in [2.24, 2.45) is 50.2 Å². The third-order valence-electron chi connectivity index (χ3n) is 13.5. The van der Waals surface area contributed by atoms with Gasteiger partial charge >= 0.3 is 11.9 Å². The zero-order valence-corrected chi connectivity index (χ0v) is 23.6. The molecule has 0 aromatic rings. The van der Waals surface area contributed by atoms with E-state index in [0.29, 0.717) is 31.1 Å². The first-order chi connectivity index (χ1) is 16.6. The van der Waals surface area contributed by atoms with Gasteiger partial charge in [-0.1, -0.05) is 46.3 Å². The van der Waals surface area contributed by atoms with Crippen LogP contribution in [0.2, 0.25) is 0 Å². The minimum Gasteiger partial charge on any atom is -0.481 e. The van der Waals surface area contributed by atoms with Crippen LogP contribution in [0.15, 0.2) is 11.6 Å². The second kappa shape index (κ2) is 7.83. The van der Waals surface area contributed by atoms with Crippen LogP contribution in [0.4, 0.5) is 0 Å². The molecule has 2 N–H and O–H groups in total. The van der Waals surface area contributed by atoms with Crippen molar-refractivity contribution in [3.05, 3.63) is 11.6 Å². The molecule has 0 unspecified atom stereocenters. The Morgan fingerprint density at radius 1 is 0.917 bits per heavy atom. The van der Waals surface area contributed by atoms with Crippen LogP contribution in [0.1, 0.15) is 106 Å². The molecule has 0 radical (unpaired) electrons. The number of hydrogen-bond donors (Lipinski definition) is 2. The highest BCUT2D eigenvalue weighted by Crippen LogP contribution is 2.75. The topological polar surface area (TPSA) is 83.8 Å². The lowest BCUT2D eigenvalue weighted by Gasteiger charge is -2.71. The summed E-state index contributed by atoms with van der Waals surface area (Å²) in [5.41, 5.74) is 0.0337. The van der Waals surface area contributed by atoms with E-state index in [1.54, 1.807) is 0 Å². The predicted octanol–water partition coefficient (Wildman–Crippen LogP) is 6.39. The second-order valence-corrected chi connectivity index (χ2v) is 14.9. The first-order valence-electron chi connectivity index (χ1n) is 14.3. The van der Waals surface area contributed by atoms with Crippen molar-refractivity contribution in [2.45, 2.75) is 112 Å². The number of aliphatic hydroxyl groups is 1. The van der Waals surface area contributed by atoms with Crippen molar-refractivity contribution in [1.29, 1.82) is 0 Å². The molecular formula is C31H48O5. The van der Waals surface area contributed by atoms with Crippen LogP contribution in [-0.4, -0.2) is 35.4 Å². The Morgan fingerprint density at radius 3 is 2.22 bits per heavy atom. The number of aliphatic hydroxyl groups excluding tert-OH is 1. The molecule has 4 fully saturated rings. The Balaban J connectivity index is 1.61. The number of allylic oxidation sites excluding steroid dienone is 2. The van der Waals surface area contributed by atoms with Crippen LogP contribution in [0, 0.1) is 50.2 Å².